The monoisotopic (exact) mass is 245 g/mol. The maximum Gasteiger partial charge on any atom is 0.0294 e. The first kappa shape index (κ1) is 13.6. The van der Waals surface area contributed by atoms with Gasteiger partial charge in [0.1, 0.15) is 0 Å². The number of aryl methyl sites for hydroxylation is 1. The lowest BCUT2D eigenvalue weighted by molar-refractivity contribution is 0.414. The van der Waals surface area contributed by atoms with Gasteiger partial charge in [-0.1, -0.05) is 56.9 Å². The van der Waals surface area contributed by atoms with Gasteiger partial charge < -0.3 is 5.32 Å². The van der Waals surface area contributed by atoms with E-state index in [4.69, 9.17) is 0 Å². The van der Waals surface area contributed by atoms with Gasteiger partial charge in [-0.05, 0) is 37.3 Å². The van der Waals surface area contributed by atoms with Crippen LogP contribution in [0.2, 0.25) is 0 Å². The van der Waals surface area contributed by atoms with Crippen molar-refractivity contribution in [1.82, 2.24) is 5.32 Å². The van der Waals surface area contributed by atoms with Crippen molar-refractivity contribution in [2.45, 2.75) is 70.9 Å². The highest BCUT2D eigenvalue weighted by molar-refractivity contribution is 5.24. The van der Waals surface area contributed by atoms with Crippen LogP contribution in [0.4, 0.5) is 0 Å². The van der Waals surface area contributed by atoms with Gasteiger partial charge >= 0.3 is 0 Å². The summed E-state index contributed by atoms with van der Waals surface area (Å²) in [5, 5.41) is 3.81. The fourth-order valence-corrected chi connectivity index (χ4v) is 2.94. The van der Waals surface area contributed by atoms with Crippen molar-refractivity contribution >= 4 is 0 Å². The summed E-state index contributed by atoms with van der Waals surface area (Å²) in [5.74, 6) is 0. The van der Waals surface area contributed by atoms with Crippen LogP contribution in [0.3, 0.4) is 0 Å². The van der Waals surface area contributed by atoms with E-state index in [-0.39, 0.29) is 0 Å². The topological polar surface area (TPSA) is 12.0 Å². The van der Waals surface area contributed by atoms with E-state index in [2.05, 4.69) is 43.4 Å². The number of benzene rings is 1. The van der Waals surface area contributed by atoms with E-state index in [1.54, 1.807) is 0 Å². The van der Waals surface area contributed by atoms with E-state index >= 15 is 0 Å². The van der Waals surface area contributed by atoms with E-state index in [0.717, 1.165) is 12.5 Å². The molecule has 100 valence electrons. The molecule has 1 aromatic carbocycles. The van der Waals surface area contributed by atoms with Crippen LogP contribution in [0.15, 0.2) is 24.3 Å². The van der Waals surface area contributed by atoms with Gasteiger partial charge in [-0.2, -0.15) is 0 Å². The molecule has 1 aliphatic rings. The minimum Gasteiger partial charge on any atom is -0.307 e. The van der Waals surface area contributed by atoms with Gasteiger partial charge in [0.25, 0.3) is 0 Å². The predicted octanol–water partition coefficient (Wildman–Crippen LogP) is 4.62. The Bertz CT molecular complexity index is 333. The summed E-state index contributed by atoms with van der Waals surface area (Å²) >= 11 is 0. The Balaban J connectivity index is 1.90. The lowest BCUT2D eigenvalue weighted by atomic mass is 10.0. The van der Waals surface area contributed by atoms with E-state index in [1.165, 1.54) is 49.7 Å². The minimum absolute atomic E-state index is 0.485. The molecule has 1 aromatic rings. The maximum atomic E-state index is 3.81. The fraction of sp³-hybridized carbons (Fsp3) is 0.647. The smallest absolute Gasteiger partial charge is 0.0294 e. The molecule has 0 bridgehead atoms. The quantitative estimate of drug-likeness (QED) is 0.763. The summed E-state index contributed by atoms with van der Waals surface area (Å²) in [6, 6.07) is 10.3. The molecule has 0 aliphatic heterocycles. The van der Waals surface area contributed by atoms with Crippen LogP contribution in [-0.4, -0.2) is 6.04 Å². The normalized spacial score (nSPS) is 19.4. The molecule has 1 nitrogen and oxygen atoms in total. The average Bonchev–Trinajstić information content (AvgIpc) is 2.67. The molecule has 1 N–H and O–H groups in total. The zero-order valence-corrected chi connectivity index (χ0v) is 11.9. The lowest BCUT2D eigenvalue weighted by Gasteiger charge is -2.22. The molecule has 2 rings (SSSR count). The standard InChI is InChI=1S/C17H27N/c1-3-15-10-12-16(13-11-15)14(2)18-17-8-6-4-5-7-9-17/h10-14,17-18H,3-9H2,1-2H3. The molecule has 1 heteroatoms. The van der Waals surface area contributed by atoms with Crippen molar-refractivity contribution < 1.29 is 0 Å². The molecule has 0 amide bonds. The summed E-state index contributed by atoms with van der Waals surface area (Å²) in [5.41, 5.74) is 2.86. The summed E-state index contributed by atoms with van der Waals surface area (Å²) in [6.07, 6.45) is 9.51. The molecule has 0 aromatic heterocycles. The summed E-state index contributed by atoms with van der Waals surface area (Å²) < 4.78 is 0. The van der Waals surface area contributed by atoms with Crippen LogP contribution in [0.5, 0.6) is 0 Å². The van der Waals surface area contributed by atoms with Gasteiger partial charge in [-0.15, -0.1) is 0 Å². The molecule has 0 saturated heterocycles. The highest BCUT2D eigenvalue weighted by Gasteiger charge is 2.15. The number of hydrogen-bond acceptors (Lipinski definition) is 1. The second-order valence-electron chi connectivity index (χ2n) is 5.67. The number of nitrogens with one attached hydrogen (secondary N) is 1. The first-order valence-corrected chi connectivity index (χ1v) is 7.64. The molecule has 1 fully saturated rings. The van der Waals surface area contributed by atoms with Crippen LogP contribution >= 0.6 is 0 Å². The fourth-order valence-electron chi connectivity index (χ4n) is 2.94. The van der Waals surface area contributed by atoms with E-state index < -0.39 is 0 Å². The van der Waals surface area contributed by atoms with Crippen molar-refractivity contribution in [1.29, 1.82) is 0 Å². The van der Waals surface area contributed by atoms with E-state index in [1.807, 2.05) is 0 Å². The maximum absolute atomic E-state index is 3.81. The Morgan fingerprint density at radius 1 is 1.06 bits per heavy atom. The van der Waals surface area contributed by atoms with Crippen molar-refractivity contribution in [2.75, 3.05) is 0 Å². The van der Waals surface area contributed by atoms with Crippen molar-refractivity contribution in [3.63, 3.8) is 0 Å². The SMILES string of the molecule is CCc1ccc(C(C)NC2CCCCCC2)cc1. The van der Waals surface area contributed by atoms with Crippen molar-refractivity contribution in [2.24, 2.45) is 0 Å². The Hall–Kier alpha value is -0.820. The van der Waals surface area contributed by atoms with Gasteiger partial charge in [-0.3, -0.25) is 0 Å². The van der Waals surface area contributed by atoms with Crippen LogP contribution in [0.1, 0.15) is 69.5 Å². The molecule has 1 unspecified atom stereocenters. The van der Waals surface area contributed by atoms with Crippen molar-refractivity contribution in [3.8, 4) is 0 Å². The average molecular weight is 245 g/mol. The molecular formula is C17H27N. The Morgan fingerprint density at radius 3 is 2.22 bits per heavy atom. The third-order valence-electron chi connectivity index (χ3n) is 4.23. The molecule has 0 spiro atoms. The van der Waals surface area contributed by atoms with Gasteiger partial charge in [0.15, 0.2) is 0 Å². The highest BCUT2D eigenvalue weighted by Crippen LogP contribution is 2.21. The number of hydrogen-bond donors (Lipinski definition) is 1. The van der Waals surface area contributed by atoms with Crippen LogP contribution in [0.25, 0.3) is 0 Å². The molecule has 1 atom stereocenters. The predicted molar refractivity (Wildman–Crippen MR) is 78.9 cm³/mol. The first-order chi connectivity index (χ1) is 8.79. The zero-order chi connectivity index (χ0) is 12.8. The van der Waals surface area contributed by atoms with Gasteiger partial charge in [0, 0.05) is 12.1 Å². The van der Waals surface area contributed by atoms with Crippen LogP contribution in [-0.2, 0) is 6.42 Å². The highest BCUT2D eigenvalue weighted by atomic mass is 14.9. The number of rotatable bonds is 4. The second-order valence-corrected chi connectivity index (χ2v) is 5.67. The molecule has 18 heavy (non-hydrogen) atoms. The van der Waals surface area contributed by atoms with Gasteiger partial charge in [-0.25, -0.2) is 0 Å². The molecule has 1 aliphatic carbocycles. The second kappa shape index (κ2) is 6.94. The molecule has 0 radical (unpaired) electrons. The summed E-state index contributed by atoms with van der Waals surface area (Å²) in [6.45, 7) is 4.51. The first-order valence-electron chi connectivity index (χ1n) is 7.64. The van der Waals surface area contributed by atoms with Gasteiger partial charge in [0.2, 0.25) is 0 Å². The van der Waals surface area contributed by atoms with Crippen LogP contribution < -0.4 is 5.32 Å². The van der Waals surface area contributed by atoms with E-state index in [0.29, 0.717) is 6.04 Å². The summed E-state index contributed by atoms with van der Waals surface area (Å²) in [4.78, 5) is 0. The Kier molecular flexibility index (Phi) is 5.25. The minimum atomic E-state index is 0.485. The molecule has 0 heterocycles. The third-order valence-corrected chi connectivity index (χ3v) is 4.23. The Labute approximate surface area is 112 Å². The lowest BCUT2D eigenvalue weighted by Crippen LogP contribution is -2.31. The third kappa shape index (κ3) is 3.84. The molecular weight excluding hydrogens is 218 g/mol. The van der Waals surface area contributed by atoms with E-state index in [9.17, 15) is 0 Å². The van der Waals surface area contributed by atoms with Crippen LogP contribution in [0, 0.1) is 0 Å². The largest absolute Gasteiger partial charge is 0.307 e. The summed E-state index contributed by atoms with van der Waals surface area (Å²) in [7, 11) is 0. The van der Waals surface area contributed by atoms with Crippen molar-refractivity contribution in [3.05, 3.63) is 35.4 Å². The zero-order valence-electron chi connectivity index (χ0n) is 11.9. The Morgan fingerprint density at radius 2 is 1.67 bits per heavy atom. The molecule has 1 saturated carbocycles. The van der Waals surface area contributed by atoms with Gasteiger partial charge in [0.05, 0.1) is 0 Å².